The molecular weight excluding hydrogens is 262 g/mol. The van der Waals surface area contributed by atoms with E-state index in [0.29, 0.717) is 17.2 Å². The van der Waals surface area contributed by atoms with Crippen molar-refractivity contribution in [2.24, 2.45) is 5.92 Å². The van der Waals surface area contributed by atoms with Crippen molar-refractivity contribution in [3.63, 3.8) is 0 Å². The first kappa shape index (κ1) is 13.9. The number of aryl methyl sites for hydroxylation is 1. The van der Waals surface area contributed by atoms with E-state index in [1.165, 1.54) is 24.6 Å². The number of thioether (sulfide) groups is 1. The molecule has 2 N–H and O–H groups in total. The first-order chi connectivity index (χ1) is 9.06. The largest absolute Gasteiger partial charge is 0.478 e. The van der Waals surface area contributed by atoms with Gasteiger partial charge in [-0.3, -0.25) is 4.79 Å². The zero-order chi connectivity index (χ0) is 13.8. The summed E-state index contributed by atoms with van der Waals surface area (Å²) < 4.78 is 0. The lowest BCUT2D eigenvalue weighted by Gasteiger charge is -2.06. The predicted molar refractivity (Wildman–Crippen MR) is 74.6 cm³/mol. The summed E-state index contributed by atoms with van der Waals surface area (Å²) in [6.07, 6.45) is 2.43. The summed E-state index contributed by atoms with van der Waals surface area (Å²) in [5.41, 5.74) is 1.03. The number of rotatable bonds is 6. The minimum absolute atomic E-state index is 0.00866. The van der Waals surface area contributed by atoms with Gasteiger partial charge in [0.25, 0.3) is 0 Å². The third kappa shape index (κ3) is 4.28. The molecule has 0 radical (unpaired) electrons. The molecule has 0 aliphatic heterocycles. The molecule has 1 aromatic carbocycles. The Morgan fingerprint density at radius 3 is 2.79 bits per heavy atom. The first-order valence-electron chi connectivity index (χ1n) is 6.29. The van der Waals surface area contributed by atoms with Crippen molar-refractivity contribution in [3.05, 3.63) is 29.3 Å². The van der Waals surface area contributed by atoms with Gasteiger partial charge in [0.1, 0.15) is 0 Å². The number of benzene rings is 1. The normalized spacial score (nSPS) is 14.2. The van der Waals surface area contributed by atoms with Gasteiger partial charge in [-0.1, -0.05) is 6.07 Å². The molecule has 4 nitrogen and oxygen atoms in total. The van der Waals surface area contributed by atoms with Crippen molar-refractivity contribution in [2.45, 2.75) is 24.7 Å². The van der Waals surface area contributed by atoms with E-state index in [9.17, 15) is 9.59 Å². The average molecular weight is 279 g/mol. The van der Waals surface area contributed by atoms with Crippen LogP contribution >= 0.6 is 11.8 Å². The quantitative estimate of drug-likeness (QED) is 0.784. The first-order valence-corrected chi connectivity index (χ1v) is 7.28. The van der Waals surface area contributed by atoms with Crippen molar-refractivity contribution in [2.75, 3.05) is 12.3 Å². The SMILES string of the molecule is Cc1ccc(SCC(=O)NCC2CC2)cc1C(=O)O. The van der Waals surface area contributed by atoms with Crippen molar-refractivity contribution < 1.29 is 14.7 Å². The van der Waals surface area contributed by atoms with Crippen LogP contribution in [0.4, 0.5) is 0 Å². The number of nitrogens with one attached hydrogen (secondary N) is 1. The standard InChI is InChI=1S/C14H17NO3S/c1-9-2-5-11(6-12(9)14(17)18)19-8-13(16)15-7-10-3-4-10/h2,5-6,10H,3-4,7-8H2,1H3,(H,15,16)(H,17,18). The molecule has 0 spiro atoms. The molecule has 2 rings (SSSR count). The van der Waals surface area contributed by atoms with Crippen LogP contribution in [-0.2, 0) is 4.79 Å². The van der Waals surface area contributed by atoms with E-state index in [1.54, 1.807) is 19.1 Å². The minimum Gasteiger partial charge on any atom is -0.478 e. The Morgan fingerprint density at radius 1 is 1.42 bits per heavy atom. The number of carbonyl (C=O) groups is 2. The van der Waals surface area contributed by atoms with Gasteiger partial charge in [0.15, 0.2) is 0 Å². The summed E-state index contributed by atoms with van der Waals surface area (Å²) in [6, 6.07) is 5.24. The molecule has 102 valence electrons. The molecule has 0 saturated heterocycles. The Balaban J connectivity index is 1.86. The molecule has 0 aromatic heterocycles. The maximum atomic E-state index is 11.6. The van der Waals surface area contributed by atoms with Crippen LogP contribution in [0.25, 0.3) is 0 Å². The lowest BCUT2D eigenvalue weighted by atomic mass is 10.1. The Hall–Kier alpha value is -1.49. The van der Waals surface area contributed by atoms with Gasteiger partial charge in [0.05, 0.1) is 11.3 Å². The lowest BCUT2D eigenvalue weighted by molar-refractivity contribution is -0.118. The average Bonchev–Trinajstić information content (AvgIpc) is 3.19. The van der Waals surface area contributed by atoms with Gasteiger partial charge in [-0.2, -0.15) is 0 Å². The third-order valence-electron chi connectivity index (χ3n) is 3.09. The van der Waals surface area contributed by atoms with E-state index >= 15 is 0 Å². The second kappa shape index (κ2) is 6.10. The monoisotopic (exact) mass is 279 g/mol. The van der Waals surface area contributed by atoms with Gasteiger partial charge in [0, 0.05) is 11.4 Å². The van der Waals surface area contributed by atoms with Crippen LogP contribution in [0.5, 0.6) is 0 Å². The molecule has 1 aliphatic rings. The summed E-state index contributed by atoms with van der Waals surface area (Å²) in [7, 11) is 0. The van der Waals surface area contributed by atoms with Gasteiger partial charge in [-0.25, -0.2) is 4.79 Å². The zero-order valence-corrected chi connectivity index (χ0v) is 11.6. The summed E-state index contributed by atoms with van der Waals surface area (Å²) in [6.45, 7) is 2.54. The molecular formula is C14H17NO3S. The molecule has 1 saturated carbocycles. The Morgan fingerprint density at radius 2 is 2.16 bits per heavy atom. The Bertz CT molecular complexity index is 497. The molecule has 5 heteroatoms. The number of carboxylic acid groups (broad SMARTS) is 1. The van der Waals surface area contributed by atoms with E-state index in [1.807, 2.05) is 6.07 Å². The van der Waals surface area contributed by atoms with Crippen molar-refractivity contribution in [1.82, 2.24) is 5.32 Å². The summed E-state index contributed by atoms with van der Waals surface area (Å²) in [4.78, 5) is 23.4. The van der Waals surface area contributed by atoms with Gasteiger partial charge < -0.3 is 10.4 Å². The van der Waals surface area contributed by atoms with Gasteiger partial charge >= 0.3 is 5.97 Å². The van der Waals surface area contributed by atoms with Crippen LogP contribution in [0, 0.1) is 12.8 Å². The number of carboxylic acids is 1. The van der Waals surface area contributed by atoms with Crippen LogP contribution in [0.2, 0.25) is 0 Å². The van der Waals surface area contributed by atoms with E-state index < -0.39 is 5.97 Å². The fourth-order valence-corrected chi connectivity index (χ4v) is 2.47. The van der Waals surface area contributed by atoms with E-state index in [-0.39, 0.29) is 5.91 Å². The molecule has 0 atom stereocenters. The molecule has 1 amide bonds. The smallest absolute Gasteiger partial charge is 0.335 e. The van der Waals surface area contributed by atoms with Crippen LogP contribution < -0.4 is 5.32 Å². The maximum absolute atomic E-state index is 11.6. The second-order valence-corrected chi connectivity index (χ2v) is 5.87. The molecule has 1 aromatic rings. The van der Waals surface area contributed by atoms with E-state index in [0.717, 1.165) is 17.0 Å². The molecule has 1 fully saturated rings. The number of aromatic carboxylic acids is 1. The molecule has 19 heavy (non-hydrogen) atoms. The Labute approximate surface area is 116 Å². The van der Waals surface area contributed by atoms with Crippen molar-refractivity contribution in [3.8, 4) is 0 Å². The van der Waals surface area contributed by atoms with E-state index in [4.69, 9.17) is 5.11 Å². The fourth-order valence-electron chi connectivity index (χ4n) is 1.70. The van der Waals surface area contributed by atoms with E-state index in [2.05, 4.69) is 5.32 Å². The highest BCUT2D eigenvalue weighted by Crippen LogP contribution is 2.27. The predicted octanol–water partition coefficient (Wildman–Crippen LogP) is 2.31. The van der Waals surface area contributed by atoms with Gasteiger partial charge in [-0.15, -0.1) is 11.8 Å². The highest BCUT2D eigenvalue weighted by molar-refractivity contribution is 8.00. The van der Waals surface area contributed by atoms with Gasteiger partial charge in [0.2, 0.25) is 5.91 Å². The highest BCUT2D eigenvalue weighted by Gasteiger charge is 2.21. The van der Waals surface area contributed by atoms with Crippen LogP contribution in [0.3, 0.4) is 0 Å². The molecule has 0 bridgehead atoms. The topological polar surface area (TPSA) is 66.4 Å². The number of hydrogen-bond donors (Lipinski definition) is 2. The summed E-state index contributed by atoms with van der Waals surface area (Å²) in [5.74, 6) is 0.0777. The maximum Gasteiger partial charge on any atom is 0.335 e. The van der Waals surface area contributed by atoms with Crippen molar-refractivity contribution >= 4 is 23.6 Å². The number of amides is 1. The highest BCUT2D eigenvalue weighted by atomic mass is 32.2. The summed E-state index contributed by atoms with van der Waals surface area (Å²) in [5, 5.41) is 11.9. The number of hydrogen-bond acceptors (Lipinski definition) is 3. The lowest BCUT2D eigenvalue weighted by Crippen LogP contribution is -2.27. The van der Waals surface area contributed by atoms with Crippen LogP contribution in [0.15, 0.2) is 23.1 Å². The van der Waals surface area contributed by atoms with Gasteiger partial charge in [-0.05, 0) is 43.4 Å². The fraction of sp³-hybridized carbons (Fsp3) is 0.429. The van der Waals surface area contributed by atoms with Crippen LogP contribution in [0.1, 0.15) is 28.8 Å². The summed E-state index contributed by atoms with van der Waals surface area (Å²) >= 11 is 1.37. The van der Waals surface area contributed by atoms with Crippen molar-refractivity contribution in [1.29, 1.82) is 0 Å². The van der Waals surface area contributed by atoms with Crippen LogP contribution in [-0.4, -0.2) is 29.3 Å². The third-order valence-corrected chi connectivity index (χ3v) is 4.09. The second-order valence-electron chi connectivity index (χ2n) is 4.82. The Kier molecular flexibility index (Phi) is 4.47. The molecule has 1 aliphatic carbocycles. The minimum atomic E-state index is -0.932. The number of carbonyl (C=O) groups excluding carboxylic acids is 1. The molecule has 0 unspecified atom stereocenters. The molecule has 0 heterocycles. The zero-order valence-electron chi connectivity index (χ0n) is 10.8.